The van der Waals surface area contributed by atoms with E-state index in [0.717, 1.165) is 10.9 Å². The maximum Gasteiger partial charge on any atom is 0.328 e. The average molecular weight is 303 g/mol. The molecule has 3 rings (SSSR count). The van der Waals surface area contributed by atoms with Gasteiger partial charge in [-0.1, -0.05) is 6.07 Å². The maximum atomic E-state index is 13.6. The standard InChI is InChI=1S/C16H18FN3O2/c1-16(2,3)20-7-6-10-4-5-11(8-13(10)20)19-9-12(17)14(21)18-15(19)22/h4-8,12H,9H2,1-3H3,(H,18,21,22). The number of carbonyl (C=O) groups is 2. The molecular weight excluding hydrogens is 285 g/mol. The number of amides is 3. The van der Waals surface area contributed by atoms with Gasteiger partial charge >= 0.3 is 6.03 Å². The van der Waals surface area contributed by atoms with Crippen LogP contribution in [0.2, 0.25) is 0 Å². The van der Waals surface area contributed by atoms with Crippen LogP contribution in [0.3, 0.4) is 0 Å². The Hall–Kier alpha value is -2.37. The molecule has 22 heavy (non-hydrogen) atoms. The van der Waals surface area contributed by atoms with Crippen LogP contribution in [-0.4, -0.2) is 29.2 Å². The van der Waals surface area contributed by atoms with Gasteiger partial charge in [0.1, 0.15) is 0 Å². The van der Waals surface area contributed by atoms with E-state index in [-0.39, 0.29) is 12.1 Å². The number of imide groups is 1. The number of benzene rings is 1. The summed E-state index contributed by atoms with van der Waals surface area (Å²) in [5, 5.41) is 3.08. The molecule has 1 aromatic heterocycles. The van der Waals surface area contributed by atoms with Crippen molar-refractivity contribution in [3.63, 3.8) is 0 Å². The molecule has 6 heteroatoms. The zero-order valence-corrected chi connectivity index (χ0v) is 12.8. The molecule has 0 radical (unpaired) electrons. The Kier molecular flexibility index (Phi) is 3.20. The van der Waals surface area contributed by atoms with Gasteiger partial charge in [0.25, 0.3) is 5.91 Å². The van der Waals surface area contributed by atoms with E-state index in [2.05, 4.69) is 25.3 Å². The fourth-order valence-corrected chi connectivity index (χ4v) is 2.67. The minimum Gasteiger partial charge on any atom is -0.342 e. The minimum atomic E-state index is -1.71. The van der Waals surface area contributed by atoms with Gasteiger partial charge in [-0.15, -0.1) is 0 Å². The smallest absolute Gasteiger partial charge is 0.328 e. The van der Waals surface area contributed by atoms with Crippen LogP contribution in [0.15, 0.2) is 30.5 Å². The lowest BCUT2D eigenvalue weighted by Gasteiger charge is -2.29. The van der Waals surface area contributed by atoms with Gasteiger partial charge in [-0.3, -0.25) is 15.0 Å². The average Bonchev–Trinajstić information content (AvgIpc) is 2.85. The van der Waals surface area contributed by atoms with Gasteiger partial charge in [0.05, 0.1) is 12.1 Å². The summed E-state index contributed by atoms with van der Waals surface area (Å²) in [5.41, 5.74) is 1.43. The molecule has 1 unspecified atom stereocenters. The van der Waals surface area contributed by atoms with Crippen molar-refractivity contribution in [2.75, 3.05) is 11.4 Å². The second kappa shape index (κ2) is 4.83. The molecule has 1 aliphatic heterocycles. The lowest BCUT2D eigenvalue weighted by Crippen LogP contribution is -2.55. The molecule has 0 spiro atoms. The summed E-state index contributed by atoms with van der Waals surface area (Å²) in [5.74, 6) is -0.875. The Morgan fingerprint density at radius 2 is 1.95 bits per heavy atom. The Morgan fingerprint density at radius 3 is 2.64 bits per heavy atom. The van der Waals surface area contributed by atoms with Gasteiger partial charge in [-0.2, -0.15) is 0 Å². The van der Waals surface area contributed by atoms with Gasteiger partial charge < -0.3 is 4.57 Å². The Labute approximate surface area is 127 Å². The number of hydrogen-bond donors (Lipinski definition) is 1. The van der Waals surface area contributed by atoms with Gasteiger partial charge in [-0.05, 0) is 44.4 Å². The molecule has 0 bridgehead atoms. The van der Waals surface area contributed by atoms with Crippen molar-refractivity contribution in [2.24, 2.45) is 0 Å². The van der Waals surface area contributed by atoms with Crippen molar-refractivity contribution < 1.29 is 14.0 Å². The highest BCUT2D eigenvalue weighted by Gasteiger charge is 2.33. The molecule has 2 heterocycles. The highest BCUT2D eigenvalue weighted by molar-refractivity contribution is 6.07. The first-order valence-electron chi connectivity index (χ1n) is 7.15. The number of fused-ring (bicyclic) bond motifs is 1. The zero-order chi connectivity index (χ0) is 16.1. The molecule has 1 aromatic carbocycles. The van der Waals surface area contributed by atoms with Crippen LogP contribution in [-0.2, 0) is 10.3 Å². The van der Waals surface area contributed by atoms with Crippen LogP contribution >= 0.6 is 0 Å². The number of aromatic nitrogens is 1. The van der Waals surface area contributed by atoms with E-state index >= 15 is 0 Å². The summed E-state index contributed by atoms with van der Waals surface area (Å²) in [4.78, 5) is 24.4. The van der Waals surface area contributed by atoms with Gasteiger partial charge in [0.15, 0.2) is 6.17 Å². The van der Waals surface area contributed by atoms with Crippen LogP contribution < -0.4 is 10.2 Å². The number of nitrogens with zero attached hydrogens (tertiary/aromatic N) is 2. The van der Waals surface area contributed by atoms with E-state index in [9.17, 15) is 14.0 Å². The number of carbonyl (C=O) groups excluding carboxylic acids is 2. The predicted octanol–water partition coefficient (Wildman–Crippen LogP) is 2.79. The molecule has 3 amide bonds. The van der Waals surface area contributed by atoms with Crippen molar-refractivity contribution in [3.8, 4) is 0 Å². The van der Waals surface area contributed by atoms with Gasteiger partial charge in [0.2, 0.25) is 0 Å². The van der Waals surface area contributed by atoms with Crippen molar-refractivity contribution in [1.82, 2.24) is 9.88 Å². The third-order valence-corrected chi connectivity index (χ3v) is 3.81. The van der Waals surface area contributed by atoms with Crippen LogP contribution in [0.4, 0.5) is 14.9 Å². The molecule has 2 aromatic rings. The molecule has 0 aliphatic carbocycles. The fraction of sp³-hybridized carbons (Fsp3) is 0.375. The lowest BCUT2D eigenvalue weighted by molar-refractivity contribution is -0.125. The monoisotopic (exact) mass is 303 g/mol. The van der Waals surface area contributed by atoms with Crippen molar-refractivity contribution in [2.45, 2.75) is 32.5 Å². The molecule has 0 saturated carbocycles. The summed E-state index contributed by atoms with van der Waals surface area (Å²) in [7, 11) is 0. The normalized spacial score (nSPS) is 19.6. The third kappa shape index (κ3) is 2.34. The van der Waals surface area contributed by atoms with E-state index in [4.69, 9.17) is 0 Å². The summed E-state index contributed by atoms with van der Waals surface area (Å²) in [6.45, 7) is 6.00. The first-order valence-corrected chi connectivity index (χ1v) is 7.15. The first-order chi connectivity index (χ1) is 10.3. The quantitative estimate of drug-likeness (QED) is 0.880. The predicted molar refractivity (Wildman–Crippen MR) is 82.7 cm³/mol. The van der Waals surface area contributed by atoms with Crippen LogP contribution in [0.25, 0.3) is 10.9 Å². The Balaban J connectivity index is 2.05. The highest BCUT2D eigenvalue weighted by atomic mass is 19.1. The second-order valence-corrected chi connectivity index (χ2v) is 6.47. The summed E-state index contributed by atoms with van der Waals surface area (Å²) < 4.78 is 15.7. The van der Waals surface area contributed by atoms with Gasteiger partial charge in [0, 0.05) is 17.4 Å². The molecule has 1 saturated heterocycles. The number of anilines is 1. The molecular formula is C16H18FN3O2. The first kappa shape index (κ1) is 14.6. The maximum absolute atomic E-state index is 13.6. The highest BCUT2D eigenvalue weighted by Crippen LogP contribution is 2.28. The largest absolute Gasteiger partial charge is 0.342 e. The van der Waals surface area contributed by atoms with Crippen LogP contribution in [0.5, 0.6) is 0 Å². The Bertz CT molecular complexity index is 760. The molecule has 1 atom stereocenters. The van der Waals surface area contributed by atoms with Crippen LogP contribution in [0, 0.1) is 0 Å². The van der Waals surface area contributed by atoms with E-state index in [0.29, 0.717) is 5.69 Å². The van der Waals surface area contributed by atoms with Crippen molar-refractivity contribution in [3.05, 3.63) is 30.5 Å². The number of alkyl halides is 1. The summed E-state index contributed by atoms with van der Waals surface area (Å²) >= 11 is 0. The topological polar surface area (TPSA) is 54.3 Å². The van der Waals surface area contributed by atoms with Gasteiger partial charge in [-0.25, -0.2) is 9.18 Å². The third-order valence-electron chi connectivity index (χ3n) is 3.81. The van der Waals surface area contributed by atoms with E-state index in [1.807, 2.05) is 29.7 Å². The van der Waals surface area contributed by atoms with E-state index < -0.39 is 18.1 Å². The number of urea groups is 1. The zero-order valence-electron chi connectivity index (χ0n) is 12.8. The summed E-state index contributed by atoms with van der Waals surface area (Å²) in [6, 6.07) is 6.92. The minimum absolute atomic E-state index is 0.108. The number of rotatable bonds is 1. The molecule has 1 aliphatic rings. The lowest BCUT2D eigenvalue weighted by atomic mass is 10.1. The SMILES string of the molecule is CC(C)(C)n1ccc2ccc(N3CC(F)C(=O)NC3=O)cc21. The molecule has 5 nitrogen and oxygen atoms in total. The molecule has 1 N–H and O–H groups in total. The fourth-order valence-electron chi connectivity index (χ4n) is 2.67. The van der Waals surface area contributed by atoms with Crippen molar-refractivity contribution in [1.29, 1.82) is 0 Å². The number of nitrogens with one attached hydrogen (secondary N) is 1. The van der Waals surface area contributed by atoms with E-state index in [1.54, 1.807) is 6.07 Å². The molecule has 1 fully saturated rings. The summed E-state index contributed by atoms with van der Waals surface area (Å²) in [6.07, 6.45) is 0.287. The second-order valence-electron chi connectivity index (χ2n) is 6.47. The van der Waals surface area contributed by atoms with Crippen molar-refractivity contribution >= 4 is 28.5 Å². The van der Waals surface area contributed by atoms with E-state index in [1.165, 1.54) is 4.90 Å². The number of halogens is 1. The Morgan fingerprint density at radius 1 is 1.23 bits per heavy atom. The number of hydrogen-bond acceptors (Lipinski definition) is 2. The van der Waals surface area contributed by atoms with Crippen LogP contribution in [0.1, 0.15) is 20.8 Å². The molecule has 116 valence electrons.